The maximum atomic E-state index is 13.0. The largest absolute Gasteiger partial charge is 0.506 e. The first-order chi connectivity index (χ1) is 12.5. The van der Waals surface area contributed by atoms with Crippen LogP contribution >= 0.6 is 12.6 Å². The lowest BCUT2D eigenvalue weighted by Gasteiger charge is -2.23. The van der Waals surface area contributed by atoms with Crippen molar-refractivity contribution in [2.24, 2.45) is 0 Å². The van der Waals surface area contributed by atoms with Crippen LogP contribution in [0.4, 0.5) is 5.69 Å². The number of nitrogen functional groups attached to an aromatic ring is 1. The molecule has 1 aliphatic rings. The van der Waals surface area contributed by atoms with Gasteiger partial charge >= 0.3 is 0 Å². The van der Waals surface area contributed by atoms with Crippen LogP contribution in [-0.2, 0) is 6.42 Å². The van der Waals surface area contributed by atoms with Gasteiger partial charge in [0.1, 0.15) is 5.75 Å². The Kier molecular flexibility index (Phi) is 3.81. The number of anilines is 1. The van der Waals surface area contributed by atoms with Gasteiger partial charge in [0.2, 0.25) is 0 Å². The summed E-state index contributed by atoms with van der Waals surface area (Å²) in [5.74, 6) is -1.07. The van der Waals surface area contributed by atoms with Gasteiger partial charge in [0.25, 0.3) is 0 Å². The summed E-state index contributed by atoms with van der Waals surface area (Å²) < 4.78 is 0. The minimum atomic E-state index is -0.416. The summed E-state index contributed by atoms with van der Waals surface area (Å²) >= 11 is 4.39. The molecule has 0 atom stereocenters. The average Bonchev–Trinajstić information content (AvgIpc) is 2.67. The number of fused-ring (bicyclic) bond motifs is 2. The van der Waals surface area contributed by atoms with Crippen LogP contribution in [0.5, 0.6) is 5.75 Å². The van der Waals surface area contributed by atoms with Crippen LogP contribution in [0.1, 0.15) is 43.0 Å². The number of phenolic OH excluding ortho intramolecular Hbond substituents is 1. The molecule has 3 N–H and O–H groups in total. The summed E-state index contributed by atoms with van der Waals surface area (Å²) in [7, 11) is 0. The van der Waals surface area contributed by atoms with Crippen molar-refractivity contribution in [3.63, 3.8) is 0 Å². The van der Waals surface area contributed by atoms with E-state index in [-0.39, 0.29) is 38.8 Å². The second kappa shape index (κ2) is 6.04. The molecule has 0 saturated heterocycles. The van der Waals surface area contributed by atoms with Gasteiger partial charge < -0.3 is 10.8 Å². The topological polar surface area (TPSA) is 80.4 Å². The minimum absolute atomic E-state index is 0.0620. The minimum Gasteiger partial charge on any atom is -0.506 e. The molecule has 3 aromatic carbocycles. The van der Waals surface area contributed by atoms with Gasteiger partial charge in [-0.2, -0.15) is 0 Å². The van der Waals surface area contributed by atoms with Crippen LogP contribution in [-0.4, -0.2) is 16.7 Å². The van der Waals surface area contributed by atoms with Crippen molar-refractivity contribution >= 4 is 29.9 Å². The second-order valence-electron chi connectivity index (χ2n) is 6.21. The number of carbonyl (C=O) groups is 2. The highest BCUT2D eigenvalue weighted by atomic mass is 32.1. The normalized spacial score (nSPS) is 12.7. The third-order valence-electron chi connectivity index (χ3n) is 4.69. The SMILES string of the molecule is Nc1c(Cc2ccccc2)c(S)c(O)c2c1C(=O)c1ccccc1C2=O. The van der Waals surface area contributed by atoms with E-state index in [9.17, 15) is 14.7 Å². The zero-order valence-corrected chi connectivity index (χ0v) is 14.6. The number of ketones is 2. The van der Waals surface area contributed by atoms with Gasteiger partial charge in [0, 0.05) is 23.2 Å². The first kappa shape index (κ1) is 16.4. The number of rotatable bonds is 2. The van der Waals surface area contributed by atoms with Crippen molar-refractivity contribution in [1.82, 2.24) is 0 Å². The van der Waals surface area contributed by atoms with Crippen LogP contribution in [0.15, 0.2) is 59.5 Å². The Balaban J connectivity index is 1.96. The molecule has 0 saturated carbocycles. The Labute approximate surface area is 155 Å². The van der Waals surface area contributed by atoms with Crippen molar-refractivity contribution in [3.05, 3.63) is 88.0 Å². The van der Waals surface area contributed by atoms with E-state index in [0.29, 0.717) is 17.5 Å². The lowest BCUT2D eigenvalue weighted by molar-refractivity contribution is 0.0976. The van der Waals surface area contributed by atoms with E-state index < -0.39 is 5.78 Å². The van der Waals surface area contributed by atoms with Crippen molar-refractivity contribution in [2.75, 3.05) is 5.73 Å². The van der Waals surface area contributed by atoms with Gasteiger partial charge in [-0.1, -0.05) is 54.6 Å². The molecule has 0 amide bonds. The smallest absolute Gasteiger partial charge is 0.198 e. The standard InChI is InChI=1S/C21H15NO3S/c22-17-14(10-11-6-2-1-3-7-11)21(26)20(25)16-15(17)18(23)12-8-4-5-9-13(12)19(16)24/h1-9,25-26H,10,22H2. The highest BCUT2D eigenvalue weighted by Crippen LogP contribution is 2.43. The van der Waals surface area contributed by atoms with E-state index in [1.165, 1.54) is 0 Å². The van der Waals surface area contributed by atoms with Crippen LogP contribution in [0.3, 0.4) is 0 Å². The summed E-state index contributed by atoms with van der Waals surface area (Å²) in [6.45, 7) is 0. The molecular weight excluding hydrogens is 346 g/mol. The maximum Gasteiger partial charge on any atom is 0.198 e. The molecule has 0 fully saturated rings. The molecule has 128 valence electrons. The molecule has 1 aliphatic carbocycles. The van der Waals surface area contributed by atoms with Crippen LogP contribution in [0.25, 0.3) is 0 Å². The predicted octanol–water partition coefficient (Wildman–Crippen LogP) is 3.63. The third kappa shape index (κ3) is 2.32. The lowest BCUT2D eigenvalue weighted by atomic mass is 9.81. The van der Waals surface area contributed by atoms with E-state index in [1.807, 2.05) is 30.3 Å². The quantitative estimate of drug-likeness (QED) is 0.289. The van der Waals surface area contributed by atoms with Gasteiger partial charge in [-0.3, -0.25) is 9.59 Å². The van der Waals surface area contributed by atoms with Gasteiger partial charge in [0.15, 0.2) is 11.6 Å². The number of nitrogens with two attached hydrogens (primary N) is 1. The molecule has 0 spiro atoms. The summed E-state index contributed by atoms with van der Waals surface area (Å²) in [5.41, 5.74) is 8.56. The summed E-state index contributed by atoms with van der Waals surface area (Å²) in [6.07, 6.45) is 0.398. The van der Waals surface area contributed by atoms with Gasteiger partial charge in [-0.15, -0.1) is 12.6 Å². The molecule has 4 nitrogen and oxygen atoms in total. The highest BCUT2D eigenvalue weighted by molar-refractivity contribution is 7.80. The zero-order chi connectivity index (χ0) is 18.4. The van der Waals surface area contributed by atoms with Crippen LogP contribution < -0.4 is 5.73 Å². The molecule has 0 heterocycles. The van der Waals surface area contributed by atoms with E-state index >= 15 is 0 Å². The summed E-state index contributed by atoms with van der Waals surface area (Å²) in [6, 6.07) is 16.1. The molecule has 5 heteroatoms. The molecule has 26 heavy (non-hydrogen) atoms. The molecule has 0 aromatic heterocycles. The van der Waals surface area contributed by atoms with Crippen molar-refractivity contribution in [3.8, 4) is 5.75 Å². The molecule has 0 bridgehead atoms. The number of phenols is 1. The third-order valence-corrected chi connectivity index (χ3v) is 5.17. The Morgan fingerprint density at radius 1 is 0.846 bits per heavy atom. The number of carbonyl (C=O) groups excluding carboxylic acids is 2. The molecular formula is C21H15NO3S. The van der Waals surface area contributed by atoms with Crippen LogP contribution in [0, 0.1) is 0 Å². The van der Waals surface area contributed by atoms with Crippen molar-refractivity contribution < 1.29 is 14.7 Å². The fourth-order valence-corrected chi connectivity index (χ4v) is 3.69. The van der Waals surface area contributed by atoms with E-state index in [4.69, 9.17) is 5.73 Å². The van der Waals surface area contributed by atoms with Crippen molar-refractivity contribution in [2.45, 2.75) is 11.3 Å². The fraction of sp³-hybridized carbons (Fsp3) is 0.0476. The predicted molar refractivity (Wildman–Crippen MR) is 102 cm³/mol. The molecule has 0 unspecified atom stereocenters. The maximum absolute atomic E-state index is 13.0. The molecule has 4 rings (SSSR count). The Morgan fingerprint density at radius 2 is 1.38 bits per heavy atom. The average molecular weight is 361 g/mol. The number of aromatic hydroxyl groups is 1. The second-order valence-corrected chi connectivity index (χ2v) is 6.65. The number of hydrogen-bond acceptors (Lipinski definition) is 5. The first-order valence-electron chi connectivity index (χ1n) is 8.09. The Hall–Kier alpha value is -3.05. The number of thiol groups is 1. The van der Waals surface area contributed by atoms with E-state index in [0.717, 1.165) is 5.56 Å². The molecule has 3 aromatic rings. The van der Waals surface area contributed by atoms with Gasteiger partial charge in [-0.05, 0) is 11.1 Å². The zero-order valence-electron chi connectivity index (χ0n) is 13.7. The molecule has 0 radical (unpaired) electrons. The molecule has 0 aliphatic heterocycles. The van der Waals surface area contributed by atoms with Gasteiger partial charge in [-0.25, -0.2) is 0 Å². The number of hydrogen-bond donors (Lipinski definition) is 3. The fourth-order valence-electron chi connectivity index (χ4n) is 3.38. The van der Waals surface area contributed by atoms with Crippen LogP contribution in [0.2, 0.25) is 0 Å². The Bertz CT molecular complexity index is 1070. The summed E-state index contributed by atoms with van der Waals surface area (Å²) in [4.78, 5) is 26.0. The highest BCUT2D eigenvalue weighted by Gasteiger charge is 2.36. The van der Waals surface area contributed by atoms with E-state index in [2.05, 4.69) is 12.6 Å². The lowest BCUT2D eigenvalue weighted by Crippen LogP contribution is -2.23. The monoisotopic (exact) mass is 361 g/mol. The summed E-state index contributed by atoms with van der Waals surface area (Å²) in [5, 5.41) is 10.6. The van der Waals surface area contributed by atoms with E-state index in [1.54, 1.807) is 24.3 Å². The van der Waals surface area contributed by atoms with Gasteiger partial charge in [0.05, 0.1) is 16.0 Å². The number of benzene rings is 3. The Morgan fingerprint density at radius 3 is 2.00 bits per heavy atom. The van der Waals surface area contributed by atoms with Crippen molar-refractivity contribution in [1.29, 1.82) is 0 Å². The first-order valence-corrected chi connectivity index (χ1v) is 8.54.